The van der Waals surface area contributed by atoms with E-state index in [1.54, 1.807) is 24.3 Å². The van der Waals surface area contributed by atoms with Gasteiger partial charge in [-0.15, -0.1) is 0 Å². The first-order valence-corrected chi connectivity index (χ1v) is 5.60. The highest BCUT2D eigenvalue weighted by Gasteiger charge is 2.19. The van der Waals surface area contributed by atoms with Gasteiger partial charge in [0.2, 0.25) is 5.88 Å². The molecule has 0 atom stereocenters. The fraction of sp³-hybridized carbons (Fsp3) is 0.154. The molecule has 2 heterocycles. The third-order valence-corrected chi connectivity index (χ3v) is 2.55. The summed E-state index contributed by atoms with van der Waals surface area (Å²) in [4.78, 5) is 12.2. The van der Waals surface area contributed by atoms with Crippen LogP contribution in [0.4, 0.5) is 5.88 Å². The van der Waals surface area contributed by atoms with Gasteiger partial charge in [-0.05, 0) is 13.0 Å². The predicted molar refractivity (Wildman–Crippen MR) is 67.4 cm³/mol. The van der Waals surface area contributed by atoms with Crippen LogP contribution in [0.25, 0.3) is 0 Å². The maximum atomic E-state index is 12.2. The Hall–Kier alpha value is -2.43. The maximum Gasteiger partial charge on any atom is 0.281 e. The predicted octanol–water partition coefficient (Wildman–Crippen LogP) is 1.85. The Morgan fingerprint density at radius 2 is 2.17 bits per heavy atom. The lowest BCUT2D eigenvalue weighted by Gasteiger charge is -2.12. The number of rotatable bonds is 4. The molecule has 18 heavy (non-hydrogen) atoms. The van der Waals surface area contributed by atoms with Crippen molar-refractivity contribution in [1.82, 2.24) is 0 Å². The van der Waals surface area contributed by atoms with Crippen LogP contribution in [0.3, 0.4) is 0 Å². The Kier molecular flexibility index (Phi) is 3.52. The summed E-state index contributed by atoms with van der Waals surface area (Å²) in [6.07, 6.45) is 5.17. The highest BCUT2D eigenvalue weighted by molar-refractivity contribution is 6.04. The number of aromatic nitrogens is 1. The highest BCUT2D eigenvalue weighted by Crippen LogP contribution is 2.17. The fourth-order valence-electron chi connectivity index (χ4n) is 1.56. The summed E-state index contributed by atoms with van der Waals surface area (Å²) in [5.41, 5.74) is 0.531. The lowest BCUT2D eigenvalue weighted by molar-refractivity contribution is -0.693. The number of carbonyl (C=O) groups excluding carboxylic acids is 1. The van der Waals surface area contributed by atoms with Gasteiger partial charge in [0.1, 0.15) is 6.54 Å². The Bertz CT molecular complexity index is 532. The summed E-state index contributed by atoms with van der Waals surface area (Å²) in [5, 5.41) is 4.81. The van der Waals surface area contributed by atoms with Gasteiger partial charge in [0.05, 0.1) is 11.8 Å². The van der Waals surface area contributed by atoms with E-state index in [9.17, 15) is 4.79 Å². The Labute approximate surface area is 105 Å². The normalized spacial score (nSPS) is 10.1. The minimum absolute atomic E-state index is 0.275. The first-order chi connectivity index (χ1) is 8.76. The van der Waals surface area contributed by atoms with Crippen molar-refractivity contribution in [1.29, 1.82) is 0 Å². The number of pyridine rings is 1. The zero-order chi connectivity index (χ0) is 13.0. The Balaban J connectivity index is 2.26. The lowest BCUT2D eigenvalue weighted by atomic mass is 10.2. The molecule has 0 aliphatic heterocycles. The van der Waals surface area contributed by atoms with Crippen molar-refractivity contribution in [3.8, 4) is 0 Å². The minimum atomic E-state index is -0.275. The van der Waals surface area contributed by atoms with Crippen molar-refractivity contribution < 1.29 is 13.8 Å². The van der Waals surface area contributed by atoms with Crippen LogP contribution in [0.15, 0.2) is 52.4 Å². The summed E-state index contributed by atoms with van der Waals surface area (Å²) in [6, 6.07) is 6.83. The van der Waals surface area contributed by atoms with Crippen LogP contribution in [-0.2, 0) is 6.54 Å². The molecule has 0 radical (unpaired) electrons. The zero-order valence-electron chi connectivity index (χ0n) is 10.1. The number of furan rings is 1. The largest absolute Gasteiger partial charge is 0.447 e. The van der Waals surface area contributed by atoms with Gasteiger partial charge in [-0.3, -0.25) is 4.79 Å². The van der Waals surface area contributed by atoms with Gasteiger partial charge in [0, 0.05) is 24.9 Å². The van der Waals surface area contributed by atoms with Crippen LogP contribution in [-0.4, -0.2) is 12.6 Å². The molecule has 2 rings (SSSR count). The van der Waals surface area contributed by atoms with Crippen LogP contribution < -0.4 is 9.58 Å². The molecule has 2 aromatic rings. The molecule has 0 spiro atoms. The maximum absolute atomic E-state index is 12.2. The number of hydrogen-bond donors (Lipinski definition) is 0. The minimum Gasteiger partial charge on any atom is -0.447 e. The number of hydrazone groups is 1. The molecule has 5 nitrogen and oxygen atoms in total. The summed E-state index contributed by atoms with van der Waals surface area (Å²) in [6.45, 7) is 6.27. The fourth-order valence-corrected chi connectivity index (χ4v) is 1.56. The SMILES string of the molecule is C=NN(C(=O)c1cc[n+](CC)cc1)c1ccco1. The van der Waals surface area contributed by atoms with Gasteiger partial charge in [-0.25, -0.2) is 4.57 Å². The van der Waals surface area contributed by atoms with E-state index in [0.29, 0.717) is 11.4 Å². The number of hydrogen-bond acceptors (Lipinski definition) is 3. The van der Waals surface area contributed by atoms with Crippen molar-refractivity contribution in [2.75, 3.05) is 5.01 Å². The van der Waals surface area contributed by atoms with E-state index < -0.39 is 0 Å². The first-order valence-electron chi connectivity index (χ1n) is 5.60. The lowest BCUT2D eigenvalue weighted by Crippen LogP contribution is -2.32. The van der Waals surface area contributed by atoms with E-state index in [2.05, 4.69) is 11.8 Å². The molecule has 0 saturated heterocycles. The van der Waals surface area contributed by atoms with Gasteiger partial charge in [-0.1, -0.05) is 0 Å². The third-order valence-electron chi connectivity index (χ3n) is 2.55. The van der Waals surface area contributed by atoms with E-state index in [-0.39, 0.29) is 5.91 Å². The number of anilines is 1. The second kappa shape index (κ2) is 5.27. The number of amides is 1. The van der Waals surface area contributed by atoms with E-state index in [1.807, 2.05) is 23.9 Å². The van der Waals surface area contributed by atoms with Gasteiger partial charge in [0.25, 0.3) is 5.91 Å². The number of nitrogens with zero attached hydrogens (tertiary/aromatic N) is 3. The second-order valence-corrected chi connectivity index (χ2v) is 3.63. The molecule has 0 saturated carbocycles. The van der Waals surface area contributed by atoms with Crippen LogP contribution in [0.1, 0.15) is 17.3 Å². The van der Waals surface area contributed by atoms with Crippen LogP contribution >= 0.6 is 0 Å². The summed E-state index contributed by atoms with van der Waals surface area (Å²) in [7, 11) is 0. The molecular formula is C13H14N3O2+. The average molecular weight is 244 g/mol. The molecule has 0 aromatic carbocycles. The van der Waals surface area contributed by atoms with Gasteiger partial charge >= 0.3 is 0 Å². The summed E-state index contributed by atoms with van der Waals surface area (Å²) >= 11 is 0. The van der Waals surface area contributed by atoms with E-state index in [1.165, 1.54) is 6.26 Å². The smallest absolute Gasteiger partial charge is 0.281 e. The zero-order valence-corrected chi connectivity index (χ0v) is 10.1. The topological polar surface area (TPSA) is 49.7 Å². The molecule has 5 heteroatoms. The molecule has 0 fully saturated rings. The van der Waals surface area contributed by atoms with Crippen LogP contribution in [0.2, 0.25) is 0 Å². The quantitative estimate of drug-likeness (QED) is 0.468. The van der Waals surface area contributed by atoms with Gasteiger partial charge in [0.15, 0.2) is 12.4 Å². The average Bonchev–Trinajstić information content (AvgIpc) is 2.93. The molecular weight excluding hydrogens is 230 g/mol. The number of carbonyl (C=O) groups is 1. The van der Waals surface area contributed by atoms with Crippen molar-refractivity contribution in [3.63, 3.8) is 0 Å². The molecule has 0 bridgehead atoms. The van der Waals surface area contributed by atoms with Gasteiger partial charge in [-0.2, -0.15) is 10.1 Å². The molecule has 0 N–H and O–H groups in total. The highest BCUT2D eigenvalue weighted by atomic mass is 16.4. The van der Waals surface area contributed by atoms with Crippen LogP contribution in [0.5, 0.6) is 0 Å². The van der Waals surface area contributed by atoms with E-state index in [4.69, 9.17) is 4.42 Å². The molecule has 0 aliphatic carbocycles. The third kappa shape index (κ3) is 2.29. The van der Waals surface area contributed by atoms with Gasteiger partial charge < -0.3 is 4.42 Å². The molecule has 1 amide bonds. The van der Waals surface area contributed by atoms with E-state index >= 15 is 0 Å². The standard InChI is InChI=1S/C13H14N3O2/c1-3-15-8-6-11(7-9-15)13(17)16(14-2)12-5-4-10-18-12/h4-10H,2-3H2,1H3/q+1. The monoisotopic (exact) mass is 244 g/mol. The van der Waals surface area contributed by atoms with Crippen molar-refractivity contribution in [2.45, 2.75) is 13.5 Å². The molecule has 0 aliphatic rings. The van der Waals surface area contributed by atoms with Crippen molar-refractivity contribution in [2.24, 2.45) is 5.10 Å². The Morgan fingerprint density at radius 1 is 1.44 bits per heavy atom. The van der Waals surface area contributed by atoms with Crippen LogP contribution in [0, 0.1) is 0 Å². The first kappa shape index (κ1) is 12.0. The Morgan fingerprint density at radius 3 is 2.67 bits per heavy atom. The van der Waals surface area contributed by atoms with Crippen molar-refractivity contribution in [3.05, 3.63) is 48.5 Å². The molecule has 92 valence electrons. The summed E-state index contributed by atoms with van der Waals surface area (Å²) in [5.74, 6) is 0.0745. The molecule has 0 unspecified atom stereocenters. The van der Waals surface area contributed by atoms with Crippen molar-refractivity contribution >= 4 is 18.5 Å². The molecule has 2 aromatic heterocycles. The second-order valence-electron chi connectivity index (χ2n) is 3.63. The number of aryl methyl sites for hydroxylation is 1. The summed E-state index contributed by atoms with van der Waals surface area (Å²) < 4.78 is 7.11. The van der Waals surface area contributed by atoms with E-state index in [0.717, 1.165) is 11.6 Å².